The Morgan fingerprint density at radius 1 is 1.41 bits per heavy atom. The van der Waals surface area contributed by atoms with Crippen LogP contribution in [-0.4, -0.2) is 41.2 Å². The van der Waals surface area contributed by atoms with E-state index in [1.54, 1.807) is 11.1 Å². The van der Waals surface area contributed by atoms with E-state index in [-0.39, 0.29) is 5.91 Å². The standard InChI is InChI=1S/C16H19N3O3/c1-16(4-2-3-6-22-16)15(20)19-5-7-21-14-12(8-17)9-18-10-13(14)11-19/h9-10H,2-7,11H2,1H3. The highest BCUT2D eigenvalue weighted by atomic mass is 16.5. The van der Waals surface area contributed by atoms with Gasteiger partial charge in [0.05, 0.1) is 13.1 Å². The highest BCUT2D eigenvalue weighted by molar-refractivity contribution is 5.85. The van der Waals surface area contributed by atoms with Crippen LogP contribution in [0.2, 0.25) is 0 Å². The molecule has 3 heterocycles. The fourth-order valence-corrected chi connectivity index (χ4v) is 3.01. The lowest BCUT2D eigenvalue weighted by Gasteiger charge is -2.36. The first kappa shape index (κ1) is 14.8. The van der Waals surface area contributed by atoms with Crippen molar-refractivity contribution in [3.63, 3.8) is 0 Å². The van der Waals surface area contributed by atoms with Gasteiger partial charge in [-0.15, -0.1) is 0 Å². The summed E-state index contributed by atoms with van der Waals surface area (Å²) in [6.07, 6.45) is 5.90. The summed E-state index contributed by atoms with van der Waals surface area (Å²) in [6.45, 7) is 3.74. The largest absolute Gasteiger partial charge is 0.490 e. The molecule has 1 unspecified atom stereocenters. The molecule has 1 aromatic heterocycles. The molecule has 6 heteroatoms. The molecule has 0 spiro atoms. The summed E-state index contributed by atoms with van der Waals surface area (Å²) in [4.78, 5) is 18.7. The molecule has 2 aliphatic heterocycles. The third-order valence-electron chi connectivity index (χ3n) is 4.27. The molecule has 0 radical (unpaired) electrons. The molecule has 116 valence electrons. The number of hydrogen-bond donors (Lipinski definition) is 0. The van der Waals surface area contributed by atoms with Gasteiger partial charge in [0.15, 0.2) is 0 Å². The zero-order valence-electron chi connectivity index (χ0n) is 12.7. The fourth-order valence-electron chi connectivity index (χ4n) is 3.01. The maximum atomic E-state index is 12.9. The van der Waals surface area contributed by atoms with Crippen LogP contribution in [0.5, 0.6) is 5.75 Å². The van der Waals surface area contributed by atoms with Gasteiger partial charge in [-0.1, -0.05) is 0 Å². The number of nitrogens with zero attached hydrogens (tertiary/aromatic N) is 3. The number of fused-ring (bicyclic) bond motifs is 1. The van der Waals surface area contributed by atoms with E-state index in [1.165, 1.54) is 6.20 Å². The number of aromatic nitrogens is 1. The predicted octanol–water partition coefficient (Wildman–Crippen LogP) is 1.63. The molecule has 0 bridgehead atoms. The van der Waals surface area contributed by atoms with Crippen LogP contribution in [0, 0.1) is 11.3 Å². The molecule has 0 aromatic carbocycles. The molecular formula is C16H19N3O3. The zero-order valence-corrected chi connectivity index (χ0v) is 12.7. The summed E-state index contributed by atoms with van der Waals surface area (Å²) in [7, 11) is 0. The maximum Gasteiger partial charge on any atom is 0.254 e. The first-order chi connectivity index (χ1) is 10.6. The van der Waals surface area contributed by atoms with Crippen molar-refractivity contribution in [1.29, 1.82) is 5.26 Å². The quantitative estimate of drug-likeness (QED) is 0.788. The Balaban J connectivity index is 1.84. The molecule has 1 amide bonds. The lowest BCUT2D eigenvalue weighted by atomic mass is 9.94. The Morgan fingerprint density at radius 2 is 2.27 bits per heavy atom. The van der Waals surface area contributed by atoms with Crippen molar-refractivity contribution in [3.8, 4) is 11.8 Å². The minimum Gasteiger partial charge on any atom is -0.490 e. The van der Waals surface area contributed by atoms with Crippen molar-refractivity contribution in [1.82, 2.24) is 9.88 Å². The van der Waals surface area contributed by atoms with Crippen LogP contribution in [0.4, 0.5) is 0 Å². The van der Waals surface area contributed by atoms with Gasteiger partial charge in [-0.2, -0.15) is 5.26 Å². The summed E-state index contributed by atoms with van der Waals surface area (Å²) in [6, 6.07) is 2.08. The Hall–Kier alpha value is -2.13. The number of ether oxygens (including phenoxy) is 2. The number of nitriles is 1. The highest BCUT2D eigenvalue weighted by Crippen LogP contribution is 2.30. The maximum absolute atomic E-state index is 12.9. The highest BCUT2D eigenvalue weighted by Gasteiger charge is 2.39. The molecule has 3 rings (SSSR count). The Bertz CT molecular complexity index is 618. The smallest absolute Gasteiger partial charge is 0.254 e. The summed E-state index contributed by atoms with van der Waals surface area (Å²) < 4.78 is 11.4. The van der Waals surface area contributed by atoms with E-state index in [1.807, 2.05) is 6.92 Å². The SMILES string of the molecule is CC1(C(=O)N2CCOc3c(C#N)cncc3C2)CCCCO1. The van der Waals surface area contributed by atoms with Crippen LogP contribution in [0.15, 0.2) is 12.4 Å². The van der Waals surface area contributed by atoms with Crippen molar-refractivity contribution in [3.05, 3.63) is 23.5 Å². The van der Waals surface area contributed by atoms with Crippen molar-refractivity contribution in [2.75, 3.05) is 19.8 Å². The second kappa shape index (κ2) is 5.93. The molecule has 1 fully saturated rings. The van der Waals surface area contributed by atoms with Gasteiger partial charge in [-0.05, 0) is 26.2 Å². The molecule has 1 atom stereocenters. The average Bonchev–Trinajstić information content (AvgIpc) is 2.76. The van der Waals surface area contributed by atoms with Gasteiger partial charge in [0.1, 0.15) is 29.6 Å². The first-order valence-corrected chi connectivity index (χ1v) is 7.57. The van der Waals surface area contributed by atoms with Gasteiger partial charge in [0.25, 0.3) is 5.91 Å². The van der Waals surface area contributed by atoms with Crippen LogP contribution in [0.3, 0.4) is 0 Å². The third kappa shape index (κ3) is 2.64. The number of carbonyl (C=O) groups is 1. The van der Waals surface area contributed by atoms with Gasteiger partial charge in [0, 0.05) is 24.6 Å². The summed E-state index contributed by atoms with van der Waals surface area (Å²) >= 11 is 0. The van der Waals surface area contributed by atoms with E-state index in [2.05, 4.69) is 11.1 Å². The molecule has 6 nitrogen and oxygen atoms in total. The van der Waals surface area contributed by atoms with E-state index < -0.39 is 5.60 Å². The summed E-state index contributed by atoms with van der Waals surface area (Å²) in [5, 5.41) is 9.13. The Kier molecular flexibility index (Phi) is 3.99. The summed E-state index contributed by atoms with van der Waals surface area (Å²) in [5.41, 5.74) is 0.430. The van der Waals surface area contributed by atoms with Gasteiger partial charge in [-0.3, -0.25) is 9.78 Å². The van der Waals surface area contributed by atoms with Gasteiger partial charge < -0.3 is 14.4 Å². The van der Waals surface area contributed by atoms with Crippen molar-refractivity contribution in [2.24, 2.45) is 0 Å². The van der Waals surface area contributed by atoms with E-state index in [0.717, 1.165) is 24.8 Å². The fraction of sp³-hybridized carbons (Fsp3) is 0.562. The number of hydrogen-bond acceptors (Lipinski definition) is 5. The number of rotatable bonds is 1. The second-order valence-corrected chi connectivity index (χ2v) is 5.90. The predicted molar refractivity (Wildman–Crippen MR) is 78.1 cm³/mol. The average molecular weight is 301 g/mol. The van der Waals surface area contributed by atoms with Crippen molar-refractivity contribution in [2.45, 2.75) is 38.3 Å². The summed E-state index contributed by atoms with van der Waals surface area (Å²) in [5.74, 6) is 0.536. The van der Waals surface area contributed by atoms with E-state index >= 15 is 0 Å². The van der Waals surface area contributed by atoms with E-state index in [4.69, 9.17) is 14.7 Å². The Morgan fingerprint density at radius 3 is 3.00 bits per heavy atom. The topological polar surface area (TPSA) is 75.5 Å². The van der Waals surface area contributed by atoms with Gasteiger partial charge >= 0.3 is 0 Å². The van der Waals surface area contributed by atoms with E-state index in [9.17, 15) is 4.79 Å². The number of carbonyl (C=O) groups excluding carboxylic acids is 1. The second-order valence-electron chi connectivity index (χ2n) is 5.90. The third-order valence-corrected chi connectivity index (χ3v) is 4.27. The molecule has 0 N–H and O–H groups in total. The lowest BCUT2D eigenvalue weighted by molar-refractivity contribution is -0.162. The van der Waals surface area contributed by atoms with Crippen LogP contribution < -0.4 is 4.74 Å². The minimum absolute atomic E-state index is 0.00832. The van der Waals surface area contributed by atoms with Gasteiger partial charge in [-0.25, -0.2) is 0 Å². The van der Waals surface area contributed by atoms with Crippen LogP contribution in [0.1, 0.15) is 37.3 Å². The van der Waals surface area contributed by atoms with Crippen LogP contribution in [0.25, 0.3) is 0 Å². The molecule has 1 aromatic rings. The van der Waals surface area contributed by atoms with Gasteiger partial charge in [0.2, 0.25) is 0 Å². The molecule has 0 aliphatic carbocycles. The molecule has 22 heavy (non-hydrogen) atoms. The lowest BCUT2D eigenvalue weighted by Crippen LogP contribution is -2.50. The monoisotopic (exact) mass is 301 g/mol. The van der Waals surface area contributed by atoms with Crippen molar-refractivity contribution >= 4 is 5.91 Å². The first-order valence-electron chi connectivity index (χ1n) is 7.57. The molecule has 2 aliphatic rings. The van der Waals surface area contributed by atoms with Crippen molar-refractivity contribution < 1.29 is 14.3 Å². The molecule has 1 saturated heterocycles. The van der Waals surface area contributed by atoms with Crippen LogP contribution >= 0.6 is 0 Å². The molecule has 0 saturated carbocycles. The van der Waals surface area contributed by atoms with Crippen LogP contribution in [-0.2, 0) is 16.1 Å². The minimum atomic E-state index is -0.747. The van der Waals surface area contributed by atoms with E-state index in [0.29, 0.717) is 37.6 Å². The number of pyridine rings is 1. The normalized spacial score (nSPS) is 24.6. The molecular weight excluding hydrogens is 282 g/mol. The number of amides is 1. The zero-order chi connectivity index (χ0) is 15.6. The Labute approximate surface area is 129 Å².